The van der Waals surface area contributed by atoms with E-state index in [0.29, 0.717) is 6.04 Å². The summed E-state index contributed by atoms with van der Waals surface area (Å²) >= 11 is 0. The normalized spacial score (nSPS) is 16.2. The molecule has 1 heterocycles. The molecule has 1 aliphatic rings. The molecule has 0 radical (unpaired) electrons. The van der Waals surface area contributed by atoms with Gasteiger partial charge in [-0.3, -0.25) is 4.90 Å². The highest BCUT2D eigenvalue weighted by molar-refractivity contribution is 5.30. The molecule has 26 heavy (non-hydrogen) atoms. The maximum Gasteiger partial charge on any atom is 0.118 e. The van der Waals surface area contributed by atoms with E-state index in [9.17, 15) is 0 Å². The van der Waals surface area contributed by atoms with E-state index in [1.54, 1.807) is 14.2 Å². The summed E-state index contributed by atoms with van der Waals surface area (Å²) in [6, 6.07) is 16.9. The van der Waals surface area contributed by atoms with Crippen LogP contribution in [0.15, 0.2) is 48.5 Å². The molecule has 3 rings (SSSR count). The van der Waals surface area contributed by atoms with Gasteiger partial charge in [0.15, 0.2) is 0 Å². The summed E-state index contributed by atoms with van der Waals surface area (Å²) in [7, 11) is 3.39. The second-order valence-corrected chi connectivity index (χ2v) is 6.42. The van der Waals surface area contributed by atoms with Crippen LogP contribution in [-0.2, 0) is 11.3 Å². The summed E-state index contributed by atoms with van der Waals surface area (Å²) in [4.78, 5) is 2.49. The number of nitrogens with zero attached hydrogens (tertiary/aromatic N) is 1. The molecule has 1 N–H and O–H groups in total. The van der Waals surface area contributed by atoms with Gasteiger partial charge in [0.1, 0.15) is 11.5 Å². The Morgan fingerprint density at radius 3 is 2.08 bits per heavy atom. The average molecular weight is 356 g/mol. The van der Waals surface area contributed by atoms with E-state index < -0.39 is 0 Å². The Bertz CT molecular complexity index is 652. The summed E-state index contributed by atoms with van der Waals surface area (Å²) in [6.07, 6.45) is 0. The van der Waals surface area contributed by atoms with Gasteiger partial charge in [-0.05, 0) is 35.4 Å². The molecule has 0 aliphatic carbocycles. The van der Waals surface area contributed by atoms with Gasteiger partial charge >= 0.3 is 0 Å². The highest BCUT2D eigenvalue weighted by Gasteiger charge is 2.22. The van der Waals surface area contributed by atoms with Gasteiger partial charge in [-0.1, -0.05) is 24.3 Å². The van der Waals surface area contributed by atoms with Crippen molar-refractivity contribution in [2.75, 3.05) is 47.1 Å². The maximum atomic E-state index is 5.52. The van der Waals surface area contributed by atoms with Crippen LogP contribution in [0.5, 0.6) is 11.5 Å². The molecule has 140 valence electrons. The molecule has 1 saturated heterocycles. The van der Waals surface area contributed by atoms with Gasteiger partial charge < -0.3 is 19.5 Å². The number of rotatable bonds is 8. The fraction of sp³-hybridized carbons (Fsp3) is 0.429. The Labute approximate surface area is 155 Å². The van der Waals surface area contributed by atoms with Crippen LogP contribution < -0.4 is 14.8 Å². The number of hydrogen-bond donors (Lipinski definition) is 1. The van der Waals surface area contributed by atoms with Crippen LogP contribution in [0.4, 0.5) is 0 Å². The quantitative estimate of drug-likeness (QED) is 0.788. The Hall–Kier alpha value is -2.08. The zero-order valence-electron chi connectivity index (χ0n) is 15.6. The average Bonchev–Trinajstić information content (AvgIpc) is 2.72. The number of benzene rings is 2. The highest BCUT2D eigenvalue weighted by atomic mass is 16.5. The number of methoxy groups -OCH3 is 2. The van der Waals surface area contributed by atoms with E-state index in [2.05, 4.69) is 34.5 Å². The largest absolute Gasteiger partial charge is 0.497 e. The van der Waals surface area contributed by atoms with Gasteiger partial charge in [-0.2, -0.15) is 0 Å². The smallest absolute Gasteiger partial charge is 0.118 e. The SMILES string of the molecule is COc1ccc(CNCC(c2ccc(OC)cc2)N2CCOCC2)cc1. The minimum atomic E-state index is 0.322. The van der Waals surface area contributed by atoms with Gasteiger partial charge in [-0.15, -0.1) is 0 Å². The molecule has 0 spiro atoms. The molecule has 1 atom stereocenters. The van der Waals surface area contributed by atoms with E-state index >= 15 is 0 Å². The summed E-state index contributed by atoms with van der Waals surface area (Å²) in [5, 5.41) is 3.61. The number of hydrogen-bond acceptors (Lipinski definition) is 5. The Kier molecular flexibility index (Phi) is 6.89. The predicted octanol–water partition coefficient (Wildman–Crippen LogP) is 2.87. The molecule has 1 aliphatic heterocycles. The van der Waals surface area contributed by atoms with Crippen molar-refractivity contribution in [2.45, 2.75) is 12.6 Å². The molecular formula is C21H28N2O3. The van der Waals surface area contributed by atoms with E-state index in [0.717, 1.165) is 50.9 Å². The first-order valence-corrected chi connectivity index (χ1v) is 9.09. The lowest BCUT2D eigenvalue weighted by Gasteiger charge is -2.35. The van der Waals surface area contributed by atoms with Gasteiger partial charge in [0.2, 0.25) is 0 Å². The number of morpholine rings is 1. The van der Waals surface area contributed by atoms with Crippen molar-refractivity contribution in [3.63, 3.8) is 0 Å². The molecule has 5 nitrogen and oxygen atoms in total. The van der Waals surface area contributed by atoms with Crippen LogP contribution in [0.1, 0.15) is 17.2 Å². The third-order valence-corrected chi connectivity index (χ3v) is 4.81. The summed E-state index contributed by atoms with van der Waals surface area (Å²) in [5.41, 5.74) is 2.55. The summed E-state index contributed by atoms with van der Waals surface area (Å²) in [5.74, 6) is 1.78. The summed E-state index contributed by atoms with van der Waals surface area (Å²) < 4.78 is 16.0. The van der Waals surface area contributed by atoms with Crippen LogP contribution in [-0.4, -0.2) is 52.0 Å². The topological polar surface area (TPSA) is 43.0 Å². The van der Waals surface area contributed by atoms with Gasteiger partial charge in [0, 0.05) is 32.2 Å². The molecule has 2 aromatic carbocycles. The predicted molar refractivity (Wildman–Crippen MR) is 103 cm³/mol. The molecule has 0 saturated carbocycles. The second-order valence-electron chi connectivity index (χ2n) is 6.42. The molecule has 2 aromatic rings. The third-order valence-electron chi connectivity index (χ3n) is 4.81. The van der Waals surface area contributed by atoms with Crippen LogP contribution >= 0.6 is 0 Å². The molecule has 1 fully saturated rings. The van der Waals surface area contributed by atoms with Gasteiger partial charge in [0.05, 0.1) is 27.4 Å². The first kappa shape index (κ1) is 18.7. The van der Waals surface area contributed by atoms with Crippen LogP contribution in [0.2, 0.25) is 0 Å². The molecule has 1 unspecified atom stereocenters. The van der Waals surface area contributed by atoms with E-state index in [4.69, 9.17) is 14.2 Å². The fourth-order valence-corrected chi connectivity index (χ4v) is 3.27. The Morgan fingerprint density at radius 1 is 0.923 bits per heavy atom. The van der Waals surface area contributed by atoms with Crippen molar-refractivity contribution in [3.8, 4) is 11.5 Å². The first-order valence-electron chi connectivity index (χ1n) is 9.09. The Balaban J connectivity index is 1.64. The standard InChI is InChI=1S/C21H28N2O3/c1-24-19-7-3-17(4-8-19)15-22-16-21(23-11-13-26-14-12-23)18-5-9-20(25-2)10-6-18/h3-10,21-22H,11-16H2,1-2H3. The van der Waals surface area contributed by atoms with Crippen LogP contribution in [0, 0.1) is 0 Å². The van der Waals surface area contributed by atoms with Crippen molar-refractivity contribution in [1.82, 2.24) is 10.2 Å². The van der Waals surface area contributed by atoms with E-state index in [1.165, 1.54) is 11.1 Å². The zero-order chi connectivity index (χ0) is 18.2. The van der Waals surface area contributed by atoms with Crippen LogP contribution in [0.25, 0.3) is 0 Å². The lowest BCUT2D eigenvalue weighted by molar-refractivity contribution is 0.0161. The fourth-order valence-electron chi connectivity index (χ4n) is 3.27. The highest BCUT2D eigenvalue weighted by Crippen LogP contribution is 2.24. The third kappa shape index (κ3) is 4.97. The van der Waals surface area contributed by atoms with E-state index in [1.807, 2.05) is 24.3 Å². The minimum Gasteiger partial charge on any atom is -0.497 e. The summed E-state index contributed by atoms with van der Waals surface area (Å²) in [6.45, 7) is 5.23. The molecule has 5 heteroatoms. The molecule has 0 bridgehead atoms. The van der Waals surface area contributed by atoms with Gasteiger partial charge in [-0.25, -0.2) is 0 Å². The molecule has 0 amide bonds. The molecule has 0 aromatic heterocycles. The minimum absolute atomic E-state index is 0.322. The van der Waals surface area contributed by atoms with Gasteiger partial charge in [0.25, 0.3) is 0 Å². The van der Waals surface area contributed by atoms with Crippen molar-refractivity contribution in [3.05, 3.63) is 59.7 Å². The number of nitrogens with one attached hydrogen (secondary N) is 1. The van der Waals surface area contributed by atoms with Crippen LogP contribution in [0.3, 0.4) is 0 Å². The zero-order valence-corrected chi connectivity index (χ0v) is 15.6. The van der Waals surface area contributed by atoms with Crippen molar-refractivity contribution in [1.29, 1.82) is 0 Å². The lowest BCUT2D eigenvalue weighted by atomic mass is 10.0. The second kappa shape index (κ2) is 9.57. The maximum absolute atomic E-state index is 5.52. The number of ether oxygens (including phenoxy) is 3. The van der Waals surface area contributed by atoms with E-state index in [-0.39, 0.29) is 0 Å². The van der Waals surface area contributed by atoms with Crippen molar-refractivity contribution in [2.24, 2.45) is 0 Å². The van der Waals surface area contributed by atoms with Crippen molar-refractivity contribution < 1.29 is 14.2 Å². The Morgan fingerprint density at radius 2 is 1.50 bits per heavy atom. The van der Waals surface area contributed by atoms with Crippen molar-refractivity contribution >= 4 is 0 Å². The molecular weight excluding hydrogens is 328 g/mol. The first-order chi connectivity index (χ1) is 12.8. The monoisotopic (exact) mass is 356 g/mol. The lowest BCUT2D eigenvalue weighted by Crippen LogP contribution is -2.42.